The van der Waals surface area contributed by atoms with E-state index in [4.69, 9.17) is 14.2 Å². The van der Waals surface area contributed by atoms with Crippen molar-refractivity contribution in [2.24, 2.45) is 0 Å². The van der Waals surface area contributed by atoms with Crippen molar-refractivity contribution < 1.29 is 33.3 Å². The van der Waals surface area contributed by atoms with Gasteiger partial charge in [0.15, 0.2) is 17.7 Å². The fraction of sp³-hybridized carbons (Fsp3) is 0.300. The number of ether oxygens (including phenoxy) is 3. The zero-order valence-electron chi connectivity index (χ0n) is 16.0. The molecule has 0 unspecified atom stereocenters. The summed E-state index contributed by atoms with van der Waals surface area (Å²) in [5, 5.41) is 12.0. The molecule has 2 atom stereocenters. The van der Waals surface area contributed by atoms with Gasteiger partial charge in [-0.3, -0.25) is 10.1 Å². The van der Waals surface area contributed by atoms with Crippen LogP contribution in [-0.2, 0) is 19.0 Å². The van der Waals surface area contributed by atoms with Crippen LogP contribution < -0.4 is 5.32 Å². The summed E-state index contributed by atoms with van der Waals surface area (Å²) in [6.07, 6.45) is -2.40. The number of thiol groups is 1. The molecule has 0 fully saturated rings. The van der Waals surface area contributed by atoms with Gasteiger partial charge >= 0.3 is 12.1 Å². The fourth-order valence-corrected chi connectivity index (χ4v) is 2.94. The van der Waals surface area contributed by atoms with Crippen molar-refractivity contribution in [1.29, 1.82) is 0 Å². The largest absolute Gasteiger partial charge is 0.505 e. The first-order valence-electron chi connectivity index (χ1n) is 8.85. The quantitative estimate of drug-likeness (QED) is 0.346. The van der Waals surface area contributed by atoms with Crippen molar-refractivity contribution in [2.45, 2.75) is 18.6 Å². The molecule has 0 spiro atoms. The number of hydrogen-bond acceptors (Lipinski definition) is 7. The first-order chi connectivity index (χ1) is 14.3. The van der Waals surface area contributed by atoms with Crippen LogP contribution in [0.5, 0.6) is 5.75 Å². The SMILES string of the molecule is CO[C@H](CCOC(=O)CS)[C@H](OC(=O)Nc1ccc(Br)cc1)c1ccc(O)c(F)c1. The Bertz CT molecular complexity index is 867. The summed E-state index contributed by atoms with van der Waals surface area (Å²) >= 11 is 7.13. The minimum absolute atomic E-state index is 0.00728. The van der Waals surface area contributed by atoms with E-state index in [9.17, 15) is 19.1 Å². The van der Waals surface area contributed by atoms with E-state index in [2.05, 4.69) is 33.9 Å². The lowest BCUT2D eigenvalue weighted by molar-refractivity contribution is -0.141. The Balaban J connectivity index is 2.18. The number of aromatic hydroxyl groups is 1. The van der Waals surface area contributed by atoms with Gasteiger partial charge in [-0.2, -0.15) is 12.6 Å². The lowest BCUT2D eigenvalue weighted by Crippen LogP contribution is -2.29. The standard InChI is InChI=1S/C20H21BrFNO6S/c1-27-17(8-9-28-18(25)11-30)19(12-2-7-16(24)15(22)10-12)29-20(26)23-14-5-3-13(21)4-6-14/h2-7,10,17,19,24,30H,8-9,11H2,1H3,(H,23,26)/t17-,19-/m1/s1. The molecule has 0 radical (unpaired) electrons. The minimum atomic E-state index is -1.03. The number of anilines is 1. The van der Waals surface area contributed by atoms with Crippen molar-refractivity contribution in [3.8, 4) is 5.75 Å². The molecule has 2 N–H and O–H groups in total. The van der Waals surface area contributed by atoms with Crippen LogP contribution in [0.25, 0.3) is 0 Å². The predicted molar refractivity (Wildman–Crippen MR) is 115 cm³/mol. The highest BCUT2D eigenvalue weighted by molar-refractivity contribution is 9.10. The molecular formula is C20H21BrFNO6S. The minimum Gasteiger partial charge on any atom is -0.505 e. The van der Waals surface area contributed by atoms with Gasteiger partial charge in [0.1, 0.15) is 6.10 Å². The number of phenols is 1. The average molecular weight is 502 g/mol. The Hall–Kier alpha value is -2.30. The van der Waals surface area contributed by atoms with E-state index in [1.54, 1.807) is 24.3 Å². The number of methoxy groups -OCH3 is 1. The zero-order valence-corrected chi connectivity index (χ0v) is 18.5. The Morgan fingerprint density at radius 3 is 2.53 bits per heavy atom. The maximum atomic E-state index is 13.9. The average Bonchev–Trinajstić information content (AvgIpc) is 2.73. The fourth-order valence-electron chi connectivity index (χ4n) is 2.58. The molecule has 0 aromatic heterocycles. The second kappa shape index (κ2) is 11.8. The van der Waals surface area contributed by atoms with Crippen molar-refractivity contribution >= 4 is 46.3 Å². The molecular weight excluding hydrogens is 481 g/mol. The van der Waals surface area contributed by atoms with Crippen molar-refractivity contribution in [3.05, 3.63) is 58.3 Å². The molecule has 0 aliphatic rings. The molecule has 7 nitrogen and oxygen atoms in total. The Morgan fingerprint density at radius 1 is 1.23 bits per heavy atom. The number of hydrogen-bond donors (Lipinski definition) is 3. The number of halogens is 2. The first-order valence-corrected chi connectivity index (χ1v) is 10.3. The molecule has 0 heterocycles. The molecule has 2 aromatic carbocycles. The number of esters is 1. The van der Waals surface area contributed by atoms with Crippen LogP contribution in [0.3, 0.4) is 0 Å². The molecule has 162 valence electrons. The number of benzene rings is 2. The molecule has 0 aliphatic heterocycles. The highest BCUT2D eigenvalue weighted by Gasteiger charge is 2.28. The van der Waals surface area contributed by atoms with E-state index < -0.39 is 35.8 Å². The van der Waals surface area contributed by atoms with Gasteiger partial charge in [0.05, 0.1) is 12.4 Å². The van der Waals surface area contributed by atoms with Gasteiger partial charge in [-0.05, 0) is 42.0 Å². The molecule has 30 heavy (non-hydrogen) atoms. The topological polar surface area (TPSA) is 94.1 Å². The number of phenolic OH excluding ortho intramolecular Hbond substituents is 1. The summed E-state index contributed by atoms with van der Waals surface area (Å²) in [5.74, 6) is -1.98. The first kappa shape index (κ1) is 24.0. The van der Waals surface area contributed by atoms with E-state index in [-0.39, 0.29) is 24.3 Å². The van der Waals surface area contributed by atoms with E-state index in [1.807, 2.05) is 0 Å². The van der Waals surface area contributed by atoms with Crippen LogP contribution in [0.1, 0.15) is 18.1 Å². The summed E-state index contributed by atoms with van der Waals surface area (Å²) in [6.45, 7) is -0.00728. The van der Waals surface area contributed by atoms with Crippen molar-refractivity contribution in [1.82, 2.24) is 0 Å². The molecule has 2 rings (SSSR count). The van der Waals surface area contributed by atoms with E-state index in [1.165, 1.54) is 13.2 Å². The normalized spacial score (nSPS) is 12.7. The lowest BCUT2D eigenvalue weighted by atomic mass is 10.0. The molecule has 0 bridgehead atoms. The summed E-state index contributed by atoms with van der Waals surface area (Å²) in [5.41, 5.74) is 0.763. The summed E-state index contributed by atoms with van der Waals surface area (Å²) in [4.78, 5) is 23.7. The van der Waals surface area contributed by atoms with Gasteiger partial charge in [0.25, 0.3) is 0 Å². The maximum absolute atomic E-state index is 13.9. The molecule has 2 aromatic rings. The van der Waals surface area contributed by atoms with Crippen LogP contribution in [0.4, 0.5) is 14.9 Å². The highest BCUT2D eigenvalue weighted by Crippen LogP contribution is 2.29. The van der Waals surface area contributed by atoms with Crippen LogP contribution >= 0.6 is 28.6 Å². The third-order valence-corrected chi connectivity index (χ3v) is 4.85. The summed E-state index contributed by atoms with van der Waals surface area (Å²) < 4.78 is 30.7. The molecule has 1 amide bonds. The number of amides is 1. The Labute approximate surface area is 187 Å². The number of nitrogens with one attached hydrogen (secondary N) is 1. The van der Waals surface area contributed by atoms with Crippen LogP contribution in [0, 0.1) is 5.82 Å². The number of carbonyl (C=O) groups is 2. The van der Waals surface area contributed by atoms with Gasteiger partial charge in [-0.25, -0.2) is 9.18 Å². The van der Waals surface area contributed by atoms with E-state index >= 15 is 0 Å². The third-order valence-electron chi connectivity index (χ3n) is 4.06. The van der Waals surface area contributed by atoms with Gasteiger partial charge in [-0.1, -0.05) is 22.0 Å². The third kappa shape index (κ3) is 7.19. The van der Waals surface area contributed by atoms with Crippen LogP contribution in [0.2, 0.25) is 0 Å². The Morgan fingerprint density at radius 2 is 1.93 bits per heavy atom. The second-order valence-electron chi connectivity index (χ2n) is 6.11. The number of carbonyl (C=O) groups excluding carboxylic acids is 2. The predicted octanol–water partition coefficient (Wildman–Crippen LogP) is 4.46. The lowest BCUT2D eigenvalue weighted by Gasteiger charge is -2.26. The monoisotopic (exact) mass is 501 g/mol. The summed E-state index contributed by atoms with van der Waals surface area (Å²) in [6, 6.07) is 10.5. The van der Waals surface area contributed by atoms with Crippen LogP contribution in [-0.4, -0.2) is 42.7 Å². The molecule has 10 heteroatoms. The second-order valence-corrected chi connectivity index (χ2v) is 7.34. The van der Waals surface area contributed by atoms with Crippen LogP contribution in [0.15, 0.2) is 46.9 Å². The van der Waals surface area contributed by atoms with E-state index in [0.717, 1.165) is 16.6 Å². The van der Waals surface area contributed by atoms with Gasteiger partial charge in [0.2, 0.25) is 0 Å². The van der Waals surface area contributed by atoms with E-state index in [0.29, 0.717) is 5.69 Å². The Kier molecular flexibility index (Phi) is 9.41. The molecule has 0 saturated carbocycles. The van der Waals surface area contributed by atoms with Gasteiger partial charge in [0, 0.05) is 23.7 Å². The highest BCUT2D eigenvalue weighted by atomic mass is 79.9. The number of rotatable bonds is 9. The maximum Gasteiger partial charge on any atom is 0.412 e. The smallest absolute Gasteiger partial charge is 0.412 e. The molecule has 0 aliphatic carbocycles. The summed E-state index contributed by atoms with van der Waals surface area (Å²) in [7, 11) is 1.39. The van der Waals surface area contributed by atoms with Crippen molar-refractivity contribution in [3.63, 3.8) is 0 Å². The van der Waals surface area contributed by atoms with Gasteiger partial charge in [-0.15, -0.1) is 0 Å². The zero-order chi connectivity index (χ0) is 22.1. The molecule has 0 saturated heterocycles. The van der Waals surface area contributed by atoms with Crippen molar-refractivity contribution in [2.75, 3.05) is 24.8 Å². The van der Waals surface area contributed by atoms with Gasteiger partial charge < -0.3 is 19.3 Å².